The number of carboxylic acid groups (broad SMARTS) is 1. The van der Waals surface area contributed by atoms with Crippen LogP contribution in [-0.4, -0.2) is 27.6 Å². The van der Waals surface area contributed by atoms with Gasteiger partial charge in [-0.1, -0.05) is 30.3 Å². The van der Waals surface area contributed by atoms with Crippen LogP contribution in [-0.2, 0) is 11.2 Å². The van der Waals surface area contributed by atoms with Gasteiger partial charge in [-0.25, -0.2) is 4.98 Å². The molecule has 0 spiro atoms. The Kier molecular flexibility index (Phi) is 2.96. The topological polar surface area (TPSA) is 91.2 Å². The molecule has 3 N–H and O–H groups in total. The number of aromatic nitrogens is 2. The maximum absolute atomic E-state index is 11.5. The van der Waals surface area contributed by atoms with Gasteiger partial charge >= 0.3 is 5.97 Å². The van der Waals surface area contributed by atoms with Crippen LogP contribution in [0.15, 0.2) is 46.9 Å². The summed E-state index contributed by atoms with van der Waals surface area (Å²) < 4.78 is 6.05. The lowest BCUT2D eigenvalue weighted by molar-refractivity contribution is -0.139. The number of aromatic amines is 1. The Morgan fingerprint density at radius 2 is 2.00 bits per heavy atom. The number of carbonyl (C=O) groups is 1. The molecule has 124 valence electrons. The molecule has 1 aliphatic rings. The van der Waals surface area contributed by atoms with E-state index in [1.165, 1.54) is 0 Å². The molecule has 0 amide bonds. The first-order valence-electron chi connectivity index (χ1n) is 8.18. The summed E-state index contributed by atoms with van der Waals surface area (Å²) in [6.07, 6.45) is 0.724. The lowest BCUT2D eigenvalue weighted by Crippen LogP contribution is -2.35. The third kappa shape index (κ3) is 2.08. The van der Waals surface area contributed by atoms with E-state index < -0.39 is 12.0 Å². The Morgan fingerprint density at radius 1 is 1.16 bits per heavy atom. The van der Waals surface area contributed by atoms with E-state index in [1.807, 2.05) is 42.5 Å². The number of hydrogen-bond donors (Lipinski definition) is 3. The van der Waals surface area contributed by atoms with Crippen molar-refractivity contribution in [2.75, 3.05) is 6.54 Å². The zero-order valence-electron chi connectivity index (χ0n) is 13.2. The Balaban J connectivity index is 1.73. The second kappa shape index (κ2) is 5.19. The molecule has 1 unspecified atom stereocenters. The van der Waals surface area contributed by atoms with Crippen LogP contribution in [0.5, 0.6) is 0 Å². The highest BCUT2D eigenvalue weighted by molar-refractivity contribution is 6.09. The van der Waals surface area contributed by atoms with Gasteiger partial charge in [0.15, 0.2) is 6.04 Å². The number of carboxylic acids is 1. The largest absolute Gasteiger partial charge is 0.480 e. The standard InChI is InChI=1S/C19H15N3O3/c23-19(24)16-15-13(8-9-20-16)21-18(22-15)12-6-3-5-11-10-4-1-2-7-14(10)25-17(11)12/h1-7,16,20H,8-9H2,(H,21,22)(H,23,24). The molecule has 6 nitrogen and oxygen atoms in total. The molecule has 6 heteroatoms. The Morgan fingerprint density at radius 3 is 2.88 bits per heavy atom. The average Bonchev–Trinajstić information content (AvgIpc) is 3.22. The SMILES string of the molecule is O=C(O)C1NCCc2[nH]c(-c3cccc4c3oc3ccccc34)nc21. The van der Waals surface area contributed by atoms with E-state index in [-0.39, 0.29) is 0 Å². The summed E-state index contributed by atoms with van der Waals surface area (Å²) >= 11 is 0. The number of imidazole rings is 1. The normalized spacial score (nSPS) is 17.0. The summed E-state index contributed by atoms with van der Waals surface area (Å²) in [6.45, 7) is 0.612. The molecule has 0 fully saturated rings. The Hall–Kier alpha value is -3.12. The van der Waals surface area contributed by atoms with Gasteiger partial charge in [0.05, 0.1) is 11.3 Å². The Bertz CT molecular complexity index is 1130. The van der Waals surface area contributed by atoms with Gasteiger partial charge in [-0.15, -0.1) is 0 Å². The Labute approximate surface area is 142 Å². The molecule has 5 rings (SSSR count). The minimum Gasteiger partial charge on any atom is -0.480 e. The van der Waals surface area contributed by atoms with E-state index in [9.17, 15) is 9.90 Å². The van der Waals surface area contributed by atoms with E-state index in [1.54, 1.807) is 0 Å². The van der Waals surface area contributed by atoms with E-state index in [0.29, 0.717) is 18.1 Å². The van der Waals surface area contributed by atoms with Gasteiger partial charge in [0.1, 0.15) is 17.0 Å². The van der Waals surface area contributed by atoms with Crippen LogP contribution >= 0.6 is 0 Å². The quantitative estimate of drug-likeness (QED) is 0.524. The summed E-state index contributed by atoms with van der Waals surface area (Å²) in [7, 11) is 0. The van der Waals surface area contributed by atoms with Crippen molar-refractivity contribution in [1.82, 2.24) is 15.3 Å². The predicted molar refractivity (Wildman–Crippen MR) is 93.4 cm³/mol. The van der Waals surface area contributed by atoms with Gasteiger partial charge < -0.3 is 14.5 Å². The summed E-state index contributed by atoms with van der Waals surface area (Å²) in [5.74, 6) is -0.273. The summed E-state index contributed by atoms with van der Waals surface area (Å²) in [4.78, 5) is 19.3. The number of benzene rings is 2. The minimum atomic E-state index is -0.916. The van der Waals surface area contributed by atoms with Crippen LogP contribution in [0.2, 0.25) is 0 Å². The molecule has 1 atom stereocenters. The van der Waals surface area contributed by atoms with Crippen molar-refractivity contribution in [2.45, 2.75) is 12.5 Å². The van der Waals surface area contributed by atoms with Crippen molar-refractivity contribution in [3.8, 4) is 11.4 Å². The molecule has 2 aromatic carbocycles. The molecular formula is C19H15N3O3. The smallest absolute Gasteiger partial charge is 0.327 e. The first kappa shape index (κ1) is 14.2. The van der Waals surface area contributed by atoms with Crippen LogP contribution in [0, 0.1) is 0 Å². The highest BCUT2D eigenvalue weighted by Crippen LogP contribution is 2.35. The lowest BCUT2D eigenvalue weighted by atomic mass is 10.1. The molecular weight excluding hydrogens is 318 g/mol. The van der Waals surface area contributed by atoms with Crippen LogP contribution < -0.4 is 5.32 Å². The number of fused-ring (bicyclic) bond motifs is 4. The van der Waals surface area contributed by atoms with Gasteiger partial charge in [0.2, 0.25) is 0 Å². The van der Waals surface area contributed by atoms with Crippen LogP contribution in [0.1, 0.15) is 17.4 Å². The zero-order valence-corrected chi connectivity index (χ0v) is 13.2. The van der Waals surface area contributed by atoms with Crippen LogP contribution in [0.25, 0.3) is 33.3 Å². The van der Waals surface area contributed by atoms with Gasteiger partial charge in [0.25, 0.3) is 0 Å². The number of furan rings is 1. The van der Waals surface area contributed by atoms with Crippen molar-refractivity contribution in [3.05, 3.63) is 53.9 Å². The molecule has 0 radical (unpaired) electrons. The van der Waals surface area contributed by atoms with E-state index >= 15 is 0 Å². The number of aliphatic carboxylic acids is 1. The molecule has 1 aliphatic heterocycles. The third-order valence-electron chi connectivity index (χ3n) is 4.71. The molecule has 0 aliphatic carbocycles. The van der Waals surface area contributed by atoms with Crippen molar-refractivity contribution < 1.29 is 14.3 Å². The molecule has 0 saturated heterocycles. The molecule has 25 heavy (non-hydrogen) atoms. The maximum atomic E-state index is 11.5. The fraction of sp³-hybridized carbons (Fsp3) is 0.158. The van der Waals surface area contributed by atoms with Gasteiger partial charge in [-0.2, -0.15) is 0 Å². The van der Waals surface area contributed by atoms with Gasteiger partial charge in [-0.05, 0) is 12.1 Å². The predicted octanol–water partition coefficient (Wildman–Crippen LogP) is 3.25. The van der Waals surface area contributed by atoms with Crippen LogP contribution in [0.4, 0.5) is 0 Å². The number of rotatable bonds is 2. The molecule has 0 bridgehead atoms. The lowest BCUT2D eigenvalue weighted by Gasteiger charge is -2.18. The second-order valence-corrected chi connectivity index (χ2v) is 6.21. The minimum absolute atomic E-state index is 0.557. The number of nitrogens with one attached hydrogen (secondary N) is 2. The van der Waals surface area contributed by atoms with Crippen molar-refractivity contribution in [2.24, 2.45) is 0 Å². The van der Waals surface area contributed by atoms with Crippen molar-refractivity contribution in [3.63, 3.8) is 0 Å². The maximum Gasteiger partial charge on any atom is 0.327 e. The average molecular weight is 333 g/mol. The summed E-state index contributed by atoms with van der Waals surface area (Å²) in [5, 5.41) is 14.5. The monoisotopic (exact) mass is 333 g/mol. The second-order valence-electron chi connectivity index (χ2n) is 6.21. The number of nitrogens with zero attached hydrogens (tertiary/aromatic N) is 1. The van der Waals surface area contributed by atoms with E-state index in [0.717, 1.165) is 39.6 Å². The molecule has 4 aromatic rings. The van der Waals surface area contributed by atoms with Gasteiger partial charge in [-0.3, -0.25) is 10.1 Å². The number of para-hydroxylation sites is 2. The van der Waals surface area contributed by atoms with Crippen molar-refractivity contribution >= 4 is 27.9 Å². The molecule has 2 aromatic heterocycles. The van der Waals surface area contributed by atoms with Crippen molar-refractivity contribution in [1.29, 1.82) is 0 Å². The van der Waals surface area contributed by atoms with Gasteiger partial charge in [0, 0.05) is 29.4 Å². The number of hydrogen-bond acceptors (Lipinski definition) is 4. The molecule has 0 saturated carbocycles. The fourth-order valence-electron chi connectivity index (χ4n) is 3.56. The molecule has 3 heterocycles. The summed E-state index contributed by atoms with van der Waals surface area (Å²) in [5.41, 5.74) is 3.85. The first-order valence-corrected chi connectivity index (χ1v) is 8.18. The zero-order chi connectivity index (χ0) is 17.0. The fourth-order valence-corrected chi connectivity index (χ4v) is 3.56. The summed E-state index contributed by atoms with van der Waals surface area (Å²) in [6, 6.07) is 13.1. The third-order valence-corrected chi connectivity index (χ3v) is 4.71. The van der Waals surface area contributed by atoms with E-state index in [2.05, 4.69) is 15.3 Å². The highest BCUT2D eigenvalue weighted by atomic mass is 16.4. The first-order chi connectivity index (χ1) is 12.2. The number of H-pyrrole nitrogens is 1. The van der Waals surface area contributed by atoms with Crippen LogP contribution in [0.3, 0.4) is 0 Å². The highest BCUT2D eigenvalue weighted by Gasteiger charge is 2.30. The van der Waals surface area contributed by atoms with E-state index in [4.69, 9.17) is 4.42 Å².